The molecule has 5 heteroatoms. The van der Waals surface area contributed by atoms with E-state index in [0.717, 1.165) is 96.3 Å². The highest BCUT2D eigenvalue weighted by Crippen LogP contribution is 2.12. The Labute approximate surface area is 383 Å². The van der Waals surface area contributed by atoms with E-state index >= 15 is 0 Å². The van der Waals surface area contributed by atoms with Gasteiger partial charge in [-0.3, -0.25) is 9.59 Å². The number of carbonyl (C=O) groups excluding carboxylic acids is 2. The number of hydrogen-bond donors (Lipinski definition) is 0. The molecule has 0 heterocycles. The van der Waals surface area contributed by atoms with Crippen LogP contribution in [0, 0.1) is 0 Å². The number of hydrogen-bond acceptors (Lipinski definition) is 5. The molecule has 0 aromatic rings. The first-order chi connectivity index (χ1) is 30.6. The van der Waals surface area contributed by atoms with Crippen molar-refractivity contribution in [1.82, 2.24) is 0 Å². The van der Waals surface area contributed by atoms with Crippen LogP contribution in [0.3, 0.4) is 0 Å². The van der Waals surface area contributed by atoms with Crippen LogP contribution in [-0.4, -0.2) is 37.9 Å². The van der Waals surface area contributed by atoms with Gasteiger partial charge in [-0.2, -0.15) is 0 Å². The fourth-order valence-electron chi connectivity index (χ4n) is 6.72. The van der Waals surface area contributed by atoms with Gasteiger partial charge in [0.05, 0.1) is 6.61 Å². The van der Waals surface area contributed by atoms with E-state index in [0.29, 0.717) is 19.4 Å². The van der Waals surface area contributed by atoms with Crippen LogP contribution in [0.5, 0.6) is 0 Å². The van der Waals surface area contributed by atoms with E-state index in [9.17, 15) is 9.59 Å². The number of rotatable bonds is 46. The van der Waals surface area contributed by atoms with Crippen LogP contribution in [0.2, 0.25) is 0 Å². The van der Waals surface area contributed by atoms with E-state index in [-0.39, 0.29) is 25.2 Å². The highest BCUT2D eigenvalue weighted by Gasteiger charge is 2.17. The fraction of sp³-hybridized carbons (Fsp3) is 0.684. The molecule has 0 N–H and O–H groups in total. The van der Waals surface area contributed by atoms with Gasteiger partial charge in [0.2, 0.25) is 0 Å². The van der Waals surface area contributed by atoms with Gasteiger partial charge in [0.1, 0.15) is 6.61 Å². The largest absolute Gasteiger partial charge is 0.462 e. The number of unbranched alkanes of at least 4 members (excludes halogenated alkanes) is 19. The molecular weight excluding hydrogens is 765 g/mol. The topological polar surface area (TPSA) is 61.8 Å². The van der Waals surface area contributed by atoms with E-state index < -0.39 is 6.10 Å². The van der Waals surface area contributed by atoms with Crippen molar-refractivity contribution in [3.8, 4) is 0 Å². The van der Waals surface area contributed by atoms with Gasteiger partial charge in [0.25, 0.3) is 0 Å². The number of ether oxygens (including phenoxy) is 3. The van der Waals surface area contributed by atoms with E-state index in [1.165, 1.54) is 96.3 Å². The second kappa shape index (κ2) is 52.2. The lowest BCUT2D eigenvalue weighted by Crippen LogP contribution is -2.30. The van der Waals surface area contributed by atoms with Gasteiger partial charge in [-0.15, -0.1) is 0 Å². The first-order valence-corrected chi connectivity index (χ1v) is 25.8. The standard InChI is InChI=1S/C57H96O5/c1-4-7-10-13-16-19-22-25-27-28-29-30-32-33-35-38-41-44-47-50-56(58)61-54-55(53-60-52-49-46-43-40-37-24-21-18-15-12-9-6-3)62-57(59)51-48-45-42-39-36-34-31-26-23-20-17-14-11-8-5-2/h8,11,15-20,25-27,29-31,36,39,55H,4-7,9-10,12-14,21-24,28,32-35,37-38,40-54H2,1-3H3/b11-8-,18-15-,19-16-,20-17-,27-25-,30-29-,31-26-,39-36-. The lowest BCUT2D eigenvalue weighted by atomic mass is 10.1. The number of allylic oxidation sites excluding steroid dienone is 16. The Morgan fingerprint density at radius 2 is 0.742 bits per heavy atom. The van der Waals surface area contributed by atoms with Crippen LogP contribution >= 0.6 is 0 Å². The molecule has 0 aromatic carbocycles. The Morgan fingerprint density at radius 1 is 0.371 bits per heavy atom. The molecule has 354 valence electrons. The lowest BCUT2D eigenvalue weighted by Gasteiger charge is -2.18. The third kappa shape index (κ3) is 49.5. The van der Waals surface area contributed by atoms with Crippen LogP contribution in [-0.2, 0) is 23.8 Å². The molecule has 5 nitrogen and oxygen atoms in total. The number of carbonyl (C=O) groups is 2. The smallest absolute Gasteiger partial charge is 0.306 e. The molecule has 0 aliphatic heterocycles. The molecule has 0 fully saturated rings. The third-order valence-electron chi connectivity index (χ3n) is 10.6. The minimum absolute atomic E-state index is 0.0545. The van der Waals surface area contributed by atoms with E-state index in [2.05, 4.69) is 118 Å². The maximum Gasteiger partial charge on any atom is 0.306 e. The quantitative estimate of drug-likeness (QED) is 0.0347. The molecule has 1 unspecified atom stereocenters. The van der Waals surface area contributed by atoms with Crippen molar-refractivity contribution < 1.29 is 23.8 Å². The van der Waals surface area contributed by atoms with Gasteiger partial charge in [0, 0.05) is 19.4 Å². The third-order valence-corrected chi connectivity index (χ3v) is 10.6. The van der Waals surface area contributed by atoms with Crippen molar-refractivity contribution >= 4 is 11.9 Å². The summed E-state index contributed by atoms with van der Waals surface area (Å²) in [6, 6.07) is 0. The molecule has 0 aliphatic carbocycles. The zero-order valence-corrected chi connectivity index (χ0v) is 40.6. The van der Waals surface area contributed by atoms with Crippen molar-refractivity contribution in [2.75, 3.05) is 19.8 Å². The van der Waals surface area contributed by atoms with Crippen LogP contribution in [0.4, 0.5) is 0 Å². The Hall–Kier alpha value is -3.18. The second-order valence-corrected chi connectivity index (χ2v) is 16.7. The van der Waals surface area contributed by atoms with Gasteiger partial charge < -0.3 is 14.2 Å². The van der Waals surface area contributed by atoms with Crippen molar-refractivity contribution in [3.05, 3.63) is 97.2 Å². The first-order valence-electron chi connectivity index (χ1n) is 25.8. The summed E-state index contributed by atoms with van der Waals surface area (Å²) in [5.74, 6) is -0.466. The predicted molar refractivity (Wildman–Crippen MR) is 270 cm³/mol. The summed E-state index contributed by atoms with van der Waals surface area (Å²) in [5, 5.41) is 0. The van der Waals surface area contributed by atoms with Gasteiger partial charge >= 0.3 is 11.9 Å². The Bertz CT molecular complexity index is 1200. The summed E-state index contributed by atoms with van der Waals surface area (Å²) in [6.45, 7) is 7.58. The zero-order chi connectivity index (χ0) is 44.9. The lowest BCUT2D eigenvalue weighted by molar-refractivity contribution is -0.163. The van der Waals surface area contributed by atoms with Gasteiger partial charge in [-0.25, -0.2) is 0 Å². The van der Waals surface area contributed by atoms with Gasteiger partial charge in [0.15, 0.2) is 6.10 Å². The van der Waals surface area contributed by atoms with Crippen LogP contribution in [0.25, 0.3) is 0 Å². The second-order valence-electron chi connectivity index (χ2n) is 16.7. The first kappa shape index (κ1) is 58.8. The maximum absolute atomic E-state index is 12.8. The monoisotopic (exact) mass is 861 g/mol. The van der Waals surface area contributed by atoms with Gasteiger partial charge in [-0.05, 0) is 116 Å². The molecule has 0 saturated heterocycles. The van der Waals surface area contributed by atoms with Crippen molar-refractivity contribution in [3.63, 3.8) is 0 Å². The minimum Gasteiger partial charge on any atom is -0.462 e. The molecule has 0 rings (SSSR count). The number of esters is 2. The van der Waals surface area contributed by atoms with Crippen molar-refractivity contribution in [2.45, 2.75) is 232 Å². The van der Waals surface area contributed by atoms with E-state index in [4.69, 9.17) is 14.2 Å². The molecule has 0 aromatic heterocycles. The average molecular weight is 861 g/mol. The summed E-state index contributed by atoms with van der Waals surface area (Å²) in [4.78, 5) is 25.4. The summed E-state index contributed by atoms with van der Waals surface area (Å²) < 4.78 is 17.3. The Balaban J connectivity index is 4.35. The summed E-state index contributed by atoms with van der Waals surface area (Å²) in [7, 11) is 0. The van der Waals surface area contributed by atoms with Crippen molar-refractivity contribution in [1.29, 1.82) is 0 Å². The highest BCUT2D eigenvalue weighted by molar-refractivity contribution is 5.70. The van der Waals surface area contributed by atoms with Gasteiger partial charge in [-0.1, -0.05) is 195 Å². The van der Waals surface area contributed by atoms with Crippen LogP contribution in [0.1, 0.15) is 226 Å². The van der Waals surface area contributed by atoms with E-state index in [1.807, 2.05) is 0 Å². The molecule has 0 bridgehead atoms. The van der Waals surface area contributed by atoms with E-state index in [1.54, 1.807) is 0 Å². The molecule has 62 heavy (non-hydrogen) atoms. The SMILES string of the molecule is CC/C=C\C/C=C\C/C=C\C/C=C\CCCCC(=O)OC(COCCCCCCCC/C=C\CCCC)COC(=O)CCCCCCCC/C=C\C/C=C\C/C=C\CCCCC. The van der Waals surface area contributed by atoms with Crippen LogP contribution in [0.15, 0.2) is 97.2 Å². The maximum atomic E-state index is 12.8. The Kier molecular flexibility index (Phi) is 49.5. The van der Waals surface area contributed by atoms with Crippen LogP contribution < -0.4 is 0 Å². The molecule has 0 saturated carbocycles. The molecule has 0 spiro atoms. The fourth-order valence-corrected chi connectivity index (χ4v) is 6.72. The molecule has 0 aliphatic rings. The molecule has 0 amide bonds. The predicted octanol–water partition coefficient (Wildman–Crippen LogP) is 17.5. The Morgan fingerprint density at radius 3 is 1.26 bits per heavy atom. The highest BCUT2D eigenvalue weighted by atomic mass is 16.6. The minimum atomic E-state index is -0.571. The average Bonchev–Trinajstić information content (AvgIpc) is 3.27. The summed E-state index contributed by atoms with van der Waals surface area (Å²) in [6.07, 6.45) is 69.8. The summed E-state index contributed by atoms with van der Waals surface area (Å²) >= 11 is 0. The summed E-state index contributed by atoms with van der Waals surface area (Å²) in [5.41, 5.74) is 0. The normalized spacial score (nSPS) is 13.0. The zero-order valence-electron chi connectivity index (χ0n) is 40.6. The molecular formula is C57H96O5. The molecule has 1 atom stereocenters. The van der Waals surface area contributed by atoms with Crippen molar-refractivity contribution in [2.24, 2.45) is 0 Å². The molecule has 0 radical (unpaired) electrons.